The van der Waals surface area contributed by atoms with Crippen LogP contribution in [0.1, 0.15) is 70.3 Å². The zero-order valence-electron chi connectivity index (χ0n) is 19.2. The van der Waals surface area contributed by atoms with Crippen molar-refractivity contribution in [2.24, 2.45) is 0 Å². The number of piperidine rings is 1. The topological polar surface area (TPSA) is 84.9 Å². The molecule has 1 unspecified atom stereocenters. The highest BCUT2D eigenvalue weighted by atomic mass is 32.2. The van der Waals surface area contributed by atoms with E-state index in [1.807, 2.05) is 25.1 Å². The fourth-order valence-electron chi connectivity index (χ4n) is 5.20. The second-order valence-electron chi connectivity index (χ2n) is 9.42. The van der Waals surface area contributed by atoms with E-state index >= 15 is 0 Å². The van der Waals surface area contributed by atoms with Crippen LogP contribution in [0.15, 0.2) is 24.3 Å². The molecule has 1 aromatic carbocycles. The van der Waals surface area contributed by atoms with Gasteiger partial charge in [0.1, 0.15) is 5.75 Å². The molecule has 178 valence electrons. The summed E-state index contributed by atoms with van der Waals surface area (Å²) in [5.74, 6) is 1.08. The number of fused-ring (bicyclic) bond motifs is 5. The van der Waals surface area contributed by atoms with E-state index in [4.69, 9.17) is 9.47 Å². The second-order valence-corrected chi connectivity index (χ2v) is 11.5. The molecular formula is C24H36N2O5S. The zero-order valence-corrected chi connectivity index (χ0v) is 20.0. The van der Waals surface area contributed by atoms with Crippen molar-refractivity contribution in [1.82, 2.24) is 9.62 Å². The van der Waals surface area contributed by atoms with Crippen LogP contribution >= 0.6 is 0 Å². The number of amides is 1. The molecule has 2 bridgehead atoms. The number of sulfonamides is 1. The first kappa shape index (κ1) is 23.5. The Morgan fingerprint density at radius 1 is 1.16 bits per heavy atom. The summed E-state index contributed by atoms with van der Waals surface area (Å²) in [5, 5.41) is -0.473. The first-order chi connectivity index (χ1) is 15.4. The SMILES string of the molecule is CC[C@@H](C)S(=O)(=O)N[C@H]1CCCN2C(=O)COc3ccccc3C3CCC(CC3)OCC12. The minimum atomic E-state index is -3.46. The van der Waals surface area contributed by atoms with Gasteiger partial charge in [-0.05, 0) is 69.4 Å². The zero-order chi connectivity index (χ0) is 22.7. The molecule has 0 radical (unpaired) electrons. The molecule has 0 spiro atoms. The average Bonchev–Trinajstić information content (AvgIpc) is 2.82. The van der Waals surface area contributed by atoms with Crippen molar-refractivity contribution in [3.8, 4) is 5.75 Å². The summed E-state index contributed by atoms with van der Waals surface area (Å²) >= 11 is 0. The average molecular weight is 465 g/mol. The predicted octanol–water partition coefficient (Wildman–Crippen LogP) is 3.20. The molecular weight excluding hydrogens is 428 g/mol. The Kier molecular flexibility index (Phi) is 7.42. The fraction of sp³-hybridized carbons (Fsp3) is 0.708. The Balaban J connectivity index is 1.59. The van der Waals surface area contributed by atoms with Gasteiger partial charge in [-0.15, -0.1) is 0 Å². The largest absolute Gasteiger partial charge is 0.483 e. The summed E-state index contributed by atoms with van der Waals surface area (Å²) in [7, 11) is -3.46. The molecule has 1 amide bonds. The Morgan fingerprint density at radius 2 is 1.91 bits per heavy atom. The lowest BCUT2D eigenvalue weighted by molar-refractivity contribution is -0.140. The maximum Gasteiger partial charge on any atom is 0.260 e. The van der Waals surface area contributed by atoms with Crippen molar-refractivity contribution < 1.29 is 22.7 Å². The minimum Gasteiger partial charge on any atom is -0.483 e. The van der Waals surface area contributed by atoms with Crippen molar-refractivity contribution in [2.75, 3.05) is 19.8 Å². The van der Waals surface area contributed by atoms with Crippen LogP contribution in [-0.4, -0.2) is 62.4 Å². The lowest BCUT2D eigenvalue weighted by atomic mass is 9.82. The summed E-state index contributed by atoms with van der Waals surface area (Å²) in [6.07, 6.45) is 6.11. The lowest BCUT2D eigenvalue weighted by Crippen LogP contribution is -2.60. The number of hydrogen-bond acceptors (Lipinski definition) is 5. The molecule has 5 rings (SSSR count). The van der Waals surface area contributed by atoms with Crippen LogP contribution in [0, 0.1) is 0 Å². The van der Waals surface area contributed by atoms with E-state index in [1.54, 1.807) is 11.8 Å². The van der Waals surface area contributed by atoms with E-state index in [9.17, 15) is 13.2 Å². The smallest absolute Gasteiger partial charge is 0.260 e. The molecule has 7 nitrogen and oxygen atoms in total. The van der Waals surface area contributed by atoms with E-state index in [1.165, 1.54) is 5.56 Å². The van der Waals surface area contributed by atoms with Gasteiger partial charge >= 0.3 is 0 Å². The molecule has 3 heterocycles. The van der Waals surface area contributed by atoms with Gasteiger partial charge in [-0.1, -0.05) is 25.1 Å². The first-order valence-electron chi connectivity index (χ1n) is 12.0. The third kappa shape index (κ3) is 5.13. The minimum absolute atomic E-state index is 0.0471. The second kappa shape index (κ2) is 10.1. The molecule has 4 aliphatic rings. The molecule has 3 aliphatic heterocycles. The predicted molar refractivity (Wildman–Crippen MR) is 123 cm³/mol. The Bertz CT molecular complexity index is 897. The standard InChI is InChI=1S/C24H36N2O5S/c1-3-17(2)32(28,29)25-21-8-6-14-26-22(21)15-30-19-12-10-18(11-13-19)20-7-4-5-9-23(20)31-16-24(26)27/h4-5,7,9,17-19,21-22,25H,3,6,8,10-16H2,1-2H3/t17-,18?,19?,21+,22?/m1/s1. The third-order valence-electron chi connectivity index (χ3n) is 7.41. The molecule has 0 aromatic heterocycles. The summed E-state index contributed by atoms with van der Waals surface area (Å²) < 4.78 is 40.8. The van der Waals surface area contributed by atoms with E-state index < -0.39 is 15.3 Å². The van der Waals surface area contributed by atoms with Gasteiger partial charge < -0.3 is 14.4 Å². The maximum atomic E-state index is 13.2. The number of nitrogens with zero attached hydrogens (tertiary/aromatic N) is 1. The molecule has 1 saturated heterocycles. The number of benzene rings is 1. The Morgan fingerprint density at radius 3 is 2.66 bits per heavy atom. The third-order valence-corrected chi connectivity index (χ3v) is 9.43. The first-order valence-corrected chi connectivity index (χ1v) is 13.6. The van der Waals surface area contributed by atoms with Gasteiger partial charge in [-0.2, -0.15) is 0 Å². The van der Waals surface area contributed by atoms with Crippen molar-refractivity contribution in [2.45, 2.75) is 88.1 Å². The Hall–Kier alpha value is -1.64. The van der Waals surface area contributed by atoms with E-state index in [0.29, 0.717) is 31.9 Å². The number of ether oxygens (including phenoxy) is 2. The fourth-order valence-corrected chi connectivity index (χ4v) is 6.57. The molecule has 1 saturated carbocycles. The normalized spacial score (nSPS) is 30.2. The van der Waals surface area contributed by atoms with Crippen LogP contribution in [-0.2, 0) is 19.6 Å². The van der Waals surface area contributed by atoms with E-state index in [0.717, 1.165) is 37.9 Å². The maximum absolute atomic E-state index is 13.2. The van der Waals surface area contributed by atoms with Gasteiger partial charge in [0.25, 0.3) is 5.91 Å². The van der Waals surface area contributed by atoms with Crippen molar-refractivity contribution in [3.05, 3.63) is 29.8 Å². The molecule has 1 aliphatic carbocycles. The van der Waals surface area contributed by atoms with E-state index in [2.05, 4.69) is 10.8 Å². The van der Waals surface area contributed by atoms with Gasteiger partial charge in [-0.3, -0.25) is 4.79 Å². The van der Waals surface area contributed by atoms with Gasteiger partial charge in [0.15, 0.2) is 6.61 Å². The van der Waals surface area contributed by atoms with Crippen LogP contribution in [0.2, 0.25) is 0 Å². The van der Waals surface area contributed by atoms with Gasteiger partial charge in [0, 0.05) is 12.6 Å². The number of carbonyl (C=O) groups excluding carboxylic acids is 1. The number of para-hydroxylation sites is 1. The van der Waals surface area contributed by atoms with Crippen LogP contribution in [0.5, 0.6) is 5.75 Å². The summed E-state index contributed by atoms with van der Waals surface area (Å²) in [6, 6.07) is 7.35. The van der Waals surface area contributed by atoms with Crippen LogP contribution in [0.3, 0.4) is 0 Å². The number of carbonyl (C=O) groups is 1. The number of hydrogen-bond donors (Lipinski definition) is 1. The van der Waals surface area contributed by atoms with Crippen LogP contribution < -0.4 is 9.46 Å². The van der Waals surface area contributed by atoms with Crippen LogP contribution in [0.25, 0.3) is 0 Å². The molecule has 8 heteroatoms. The number of nitrogens with one attached hydrogen (secondary N) is 1. The quantitative estimate of drug-likeness (QED) is 0.740. The lowest BCUT2D eigenvalue weighted by Gasteiger charge is -2.42. The van der Waals surface area contributed by atoms with Gasteiger partial charge in [-0.25, -0.2) is 13.1 Å². The number of rotatable bonds is 4. The van der Waals surface area contributed by atoms with Gasteiger partial charge in [0.2, 0.25) is 10.0 Å². The van der Waals surface area contributed by atoms with Crippen molar-refractivity contribution >= 4 is 15.9 Å². The summed E-state index contributed by atoms with van der Waals surface area (Å²) in [5.41, 5.74) is 1.17. The summed E-state index contributed by atoms with van der Waals surface area (Å²) in [6.45, 7) is 4.48. The highest BCUT2D eigenvalue weighted by Crippen LogP contribution is 2.39. The highest BCUT2D eigenvalue weighted by molar-refractivity contribution is 7.90. The highest BCUT2D eigenvalue weighted by Gasteiger charge is 2.39. The molecule has 32 heavy (non-hydrogen) atoms. The Labute approximate surface area is 191 Å². The molecule has 3 atom stereocenters. The van der Waals surface area contributed by atoms with Crippen LogP contribution in [0.4, 0.5) is 0 Å². The van der Waals surface area contributed by atoms with Crippen molar-refractivity contribution in [3.63, 3.8) is 0 Å². The van der Waals surface area contributed by atoms with Gasteiger partial charge in [0.05, 0.1) is 24.0 Å². The molecule has 2 fully saturated rings. The molecule has 1 aromatic rings. The summed E-state index contributed by atoms with van der Waals surface area (Å²) in [4.78, 5) is 15.0. The molecule has 1 N–H and O–H groups in total. The van der Waals surface area contributed by atoms with E-state index in [-0.39, 0.29) is 30.7 Å². The van der Waals surface area contributed by atoms with Crippen molar-refractivity contribution in [1.29, 1.82) is 0 Å². The monoisotopic (exact) mass is 464 g/mol.